The number of nitrogens with one attached hydrogen (secondary N) is 1. The lowest BCUT2D eigenvalue weighted by atomic mass is 9.79. The normalized spacial score (nSPS) is 31.3. The van der Waals surface area contributed by atoms with Gasteiger partial charge in [0.1, 0.15) is 0 Å². The molecule has 0 spiro atoms. The van der Waals surface area contributed by atoms with E-state index in [9.17, 15) is 9.90 Å². The predicted molar refractivity (Wildman–Crippen MR) is 60.8 cm³/mol. The van der Waals surface area contributed by atoms with E-state index in [1.54, 1.807) is 0 Å². The van der Waals surface area contributed by atoms with Gasteiger partial charge in [0.25, 0.3) is 5.91 Å². The molecule has 2 aliphatic rings. The standard InChI is InChI=1S/C11H19N3O2/c12-10-13-9(16)11(7-15,14-10)6-8-4-2-1-3-5-8/h8,15H,1-7H2,(H3,12,13,14,16). The second-order valence-corrected chi connectivity index (χ2v) is 4.85. The van der Waals surface area contributed by atoms with Crippen LogP contribution >= 0.6 is 0 Å². The smallest absolute Gasteiger partial charge is 0.257 e. The average molecular weight is 225 g/mol. The van der Waals surface area contributed by atoms with E-state index in [4.69, 9.17) is 5.73 Å². The van der Waals surface area contributed by atoms with Crippen molar-refractivity contribution in [2.24, 2.45) is 16.6 Å². The highest BCUT2D eigenvalue weighted by Gasteiger charge is 2.44. The number of aliphatic hydroxyl groups is 1. The molecule has 1 heterocycles. The molecule has 1 saturated carbocycles. The molecule has 0 radical (unpaired) electrons. The molecule has 16 heavy (non-hydrogen) atoms. The van der Waals surface area contributed by atoms with E-state index in [1.165, 1.54) is 19.3 Å². The van der Waals surface area contributed by atoms with Crippen LogP contribution < -0.4 is 11.1 Å². The van der Waals surface area contributed by atoms with Crippen LogP contribution in [0.5, 0.6) is 0 Å². The minimum atomic E-state index is -1.01. The van der Waals surface area contributed by atoms with Crippen molar-refractivity contribution in [1.82, 2.24) is 5.32 Å². The molecular weight excluding hydrogens is 206 g/mol. The fourth-order valence-corrected chi connectivity index (χ4v) is 2.72. The number of amides is 1. The van der Waals surface area contributed by atoms with Crippen LogP contribution in [0, 0.1) is 5.92 Å². The summed E-state index contributed by atoms with van der Waals surface area (Å²) in [5.74, 6) is 0.370. The van der Waals surface area contributed by atoms with E-state index >= 15 is 0 Å². The third-order valence-corrected chi connectivity index (χ3v) is 3.61. The molecule has 5 nitrogen and oxygen atoms in total. The number of carbonyl (C=O) groups is 1. The number of aliphatic imine (C=N–C) groups is 1. The Morgan fingerprint density at radius 3 is 2.62 bits per heavy atom. The molecule has 1 aliphatic carbocycles. The van der Waals surface area contributed by atoms with Crippen molar-refractivity contribution in [2.45, 2.75) is 44.1 Å². The van der Waals surface area contributed by atoms with Gasteiger partial charge in [0.2, 0.25) is 0 Å². The SMILES string of the molecule is NC1=NC(CO)(CC2CCCCC2)C(=O)N1. The van der Waals surface area contributed by atoms with Crippen LogP contribution in [0.1, 0.15) is 38.5 Å². The number of hydrogen-bond donors (Lipinski definition) is 3. The highest BCUT2D eigenvalue weighted by molar-refractivity contribution is 6.06. The Balaban J connectivity index is 2.06. The summed E-state index contributed by atoms with van der Waals surface area (Å²) in [6.45, 7) is -0.254. The summed E-state index contributed by atoms with van der Waals surface area (Å²) >= 11 is 0. The van der Waals surface area contributed by atoms with Crippen molar-refractivity contribution in [1.29, 1.82) is 0 Å². The Labute approximate surface area is 95.1 Å². The van der Waals surface area contributed by atoms with Crippen LogP contribution in [-0.4, -0.2) is 29.1 Å². The van der Waals surface area contributed by atoms with Gasteiger partial charge in [-0.3, -0.25) is 10.1 Å². The first-order valence-electron chi connectivity index (χ1n) is 5.94. The molecule has 1 fully saturated rings. The molecule has 5 heteroatoms. The molecule has 0 aromatic heterocycles. The predicted octanol–water partition coefficient (Wildman–Crippen LogP) is 0.132. The van der Waals surface area contributed by atoms with Gasteiger partial charge in [0.15, 0.2) is 11.5 Å². The third-order valence-electron chi connectivity index (χ3n) is 3.61. The number of aliphatic hydroxyl groups excluding tert-OH is 1. The number of hydrogen-bond acceptors (Lipinski definition) is 4. The van der Waals surface area contributed by atoms with E-state index in [0.29, 0.717) is 12.3 Å². The van der Waals surface area contributed by atoms with Gasteiger partial charge in [-0.05, 0) is 12.3 Å². The quantitative estimate of drug-likeness (QED) is 0.638. The van der Waals surface area contributed by atoms with Gasteiger partial charge in [-0.2, -0.15) is 0 Å². The summed E-state index contributed by atoms with van der Waals surface area (Å²) in [6.07, 6.45) is 6.59. The number of nitrogens with zero attached hydrogens (tertiary/aromatic N) is 1. The van der Waals surface area contributed by atoms with Crippen molar-refractivity contribution in [3.05, 3.63) is 0 Å². The first-order valence-corrected chi connectivity index (χ1v) is 5.94. The molecule has 1 amide bonds. The zero-order chi connectivity index (χ0) is 11.6. The minimum Gasteiger partial charge on any atom is -0.393 e. The van der Waals surface area contributed by atoms with Crippen molar-refractivity contribution >= 4 is 11.9 Å². The van der Waals surface area contributed by atoms with Gasteiger partial charge in [-0.25, -0.2) is 4.99 Å². The highest BCUT2D eigenvalue weighted by Crippen LogP contribution is 2.33. The number of rotatable bonds is 3. The molecule has 4 N–H and O–H groups in total. The number of carbonyl (C=O) groups excluding carboxylic acids is 1. The van der Waals surface area contributed by atoms with E-state index in [-0.39, 0.29) is 18.5 Å². The average Bonchev–Trinajstić information content (AvgIpc) is 2.56. The highest BCUT2D eigenvalue weighted by atomic mass is 16.3. The van der Waals surface area contributed by atoms with Crippen LogP contribution in [0.3, 0.4) is 0 Å². The molecule has 1 aliphatic heterocycles. The topological polar surface area (TPSA) is 87.7 Å². The Bertz CT molecular complexity index is 310. The first-order chi connectivity index (χ1) is 7.66. The van der Waals surface area contributed by atoms with Crippen LogP contribution in [0.4, 0.5) is 0 Å². The summed E-state index contributed by atoms with van der Waals surface area (Å²) in [6, 6.07) is 0. The van der Waals surface area contributed by atoms with E-state index in [0.717, 1.165) is 12.8 Å². The molecule has 0 aromatic rings. The molecule has 90 valence electrons. The van der Waals surface area contributed by atoms with Gasteiger partial charge in [-0.15, -0.1) is 0 Å². The van der Waals surface area contributed by atoms with Gasteiger partial charge >= 0.3 is 0 Å². The van der Waals surface area contributed by atoms with Crippen LogP contribution in [0.2, 0.25) is 0 Å². The lowest BCUT2D eigenvalue weighted by molar-refractivity contribution is -0.125. The summed E-state index contributed by atoms with van der Waals surface area (Å²) in [5.41, 5.74) is 4.48. The zero-order valence-corrected chi connectivity index (χ0v) is 9.41. The number of nitrogens with two attached hydrogens (primary N) is 1. The van der Waals surface area contributed by atoms with E-state index in [2.05, 4.69) is 10.3 Å². The summed E-state index contributed by atoms with van der Waals surface area (Å²) in [7, 11) is 0. The van der Waals surface area contributed by atoms with Crippen LogP contribution in [0.15, 0.2) is 4.99 Å². The fraction of sp³-hybridized carbons (Fsp3) is 0.818. The Morgan fingerprint density at radius 2 is 2.12 bits per heavy atom. The molecule has 0 bridgehead atoms. The zero-order valence-electron chi connectivity index (χ0n) is 9.41. The Morgan fingerprint density at radius 1 is 1.44 bits per heavy atom. The Hall–Kier alpha value is -1.10. The third kappa shape index (κ3) is 2.04. The number of guanidine groups is 1. The van der Waals surface area contributed by atoms with E-state index < -0.39 is 5.54 Å². The summed E-state index contributed by atoms with van der Waals surface area (Å²) in [4.78, 5) is 15.8. The van der Waals surface area contributed by atoms with Crippen molar-refractivity contribution in [3.8, 4) is 0 Å². The lowest BCUT2D eigenvalue weighted by Crippen LogP contribution is -2.45. The summed E-state index contributed by atoms with van der Waals surface area (Å²) < 4.78 is 0. The largest absolute Gasteiger partial charge is 0.393 e. The Kier molecular flexibility index (Phi) is 3.14. The van der Waals surface area contributed by atoms with Crippen LogP contribution in [0.25, 0.3) is 0 Å². The van der Waals surface area contributed by atoms with Crippen molar-refractivity contribution < 1.29 is 9.90 Å². The van der Waals surface area contributed by atoms with Crippen molar-refractivity contribution in [2.75, 3.05) is 6.61 Å². The fourth-order valence-electron chi connectivity index (χ4n) is 2.72. The minimum absolute atomic E-state index is 0.134. The molecule has 0 saturated heterocycles. The first kappa shape index (κ1) is 11.4. The van der Waals surface area contributed by atoms with Crippen molar-refractivity contribution in [3.63, 3.8) is 0 Å². The second kappa shape index (κ2) is 4.41. The lowest BCUT2D eigenvalue weighted by Gasteiger charge is -2.28. The van der Waals surface area contributed by atoms with E-state index in [1.807, 2.05) is 0 Å². The maximum absolute atomic E-state index is 11.7. The molecular formula is C11H19N3O2. The van der Waals surface area contributed by atoms with Gasteiger partial charge in [0, 0.05) is 0 Å². The molecule has 1 unspecified atom stereocenters. The van der Waals surface area contributed by atoms with Crippen LogP contribution in [-0.2, 0) is 4.79 Å². The summed E-state index contributed by atoms with van der Waals surface area (Å²) in [5, 5.41) is 11.9. The van der Waals surface area contributed by atoms with Gasteiger partial charge in [-0.1, -0.05) is 32.1 Å². The van der Waals surface area contributed by atoms with Gasteiger partial charge in [0.05, 0.1) is 6.61 Å². The maximum Gasteiger partial charge on any atom is 0.257 e. The maximum atomic E-state index is 11.7. The molecule has 0 aromatic carbocycles. The monoisotopic (exact) mass is 225 g/mol. The van der Waals surface area contributed by atoms with Gasteiger partial charge < -0.3 is 10.8 Å². The molecule has 1 atom stereocenters. The second-order valence-electron chi connectivity index (χ2n) is 4.85. The molecule has 2 rings (SSSR count).